The fourth-order valence-corrected chi connectivity index (χ4v) is 2.23. The van der Waals surface area contributed by atoms with E-state index in [0.717, 1.165) is 0 Å². The lowest BCUT2D eigenvalue weighted by Crippen LogP contribution is -2.36. The van der Waals surface area contributed by atoms with Gasteiger partial charge in [-0.2, -0.15) is 4.98 Å². The molecule has 1 aromatic rings. The first kappa shape index (κ1) is 14.5. The third kappa shape index (κ3) is 3.16. The van der Waals surface area contributed by atoms with Crippen molar-refractivity contribution >= 4 is 11.8 Å². The van der Waals surface area contributed by atoms with Gasteiger partial charge in [0, 0.05) is 20.1 Å². The first-order valence-electron chi connectivity index (χ1n) is 6.52. The van der Waals surface area contributed by atoms with Gasteiger partial charge in [-0.25, -0.2) is 4.79 Å². The second-order valence-corrected chi connectivity index (χ2v) is 4.98. The number of anilines is 1. The summed E-state index contributed by atoms with van der Waals surface area (Å²) in [5.74, 6) is -0.000799. The Bertz CT molecular complexity index is 480. The minimum absolute atomic E-state index is 0.0138. The summed E-state index contributed by atoms with van der Waals surface area (Å²) in [6.45, 7) is 4.27. The number of aliphatic carboxylic acids is 1. The monoisotopic (exact) mass is 281 g/mol. The molecule has 2 atom stereocenters. The zero-order chi connectivity index (χ0) is 14.7. The Hall–Kier alpha value is -1.89. The average Bonchev–Trinajstić information content (AvgIpc) is 2.82. The molecule has 0 aliphatic carbocycles. The van der Waals surface area contributed by atoms with Gasteiger partial charge in [0.2, 0.25) is 5.88 Å². The number of methoxy groups -OCH3 is 1. The highest BCUT2D eigenvalue weighted by Crippen LogP contribution is 2.26. The normalized spacial score (nSPS) is 22.3. The highest BCUT2D eigenvalue weighted by molar-refractivity contribution is 5.78. The van der Waals surface area contributed by atoms with Gasteiger partial charge < -0.3 is 19.5 Å². The van der Waals surface area contributed by atoms with Crippen LogP contribution in [-0.2, 0) is 9.53 Å². The Balaban J connectivity index is 2.22. The molecule has 2 unspecified atom stereocenters. The van der Waals surface area contributed by atoms with Gasteiger partial charge in [0.1, 0.15) is 6.04 Å². The van der Waals surface area contributed by atoms with E-state index in [0.29, 0.717) is 24.7 Å². The predicted molar refractivity (Wildman–Crippen MR) is 72.0 cm³/mol. The van der Waals surface area contributed by atoms with E-state index < -0.39 is 12.0 Å². The van der Waals surface area contributed by atoms with E-state index in [1.807, 2.05) is 13.8 Å². The third-order valence-corrected chi connectivity index (χ3v) is 3.13. The highest BCUT2D eigenvalue weighted by Gasteiger charge is 2.38. The van der Waals surface area contributed by atoms with Crippen LogP contribution in [0.4, 0.5) is 5.82 Å². The molecule has 110 valence electrons. The zero-order valence-electron chi connectivity index (χ0n) is 11.8. The van der Waals surface area contributed by atoms with Crippen molar-refractivity contribution in [1.82, 2.24) is 9.97 Å². The molecule has 2 rings (SSSR count). The smallest absolute Gasteiger partial charge is 0.326 e. The number of carboxylic acids is 1. The van der Waals surface area contributed by atoms with Crippen LogP contribution in [0.15, 0.2) is 12.4 Å². The fourth-order valence-electron chi connectivity index (χ4n) is 2.23. The quantitative estimate of drug-likeness (QED) is 0.859. The molecule has 1 aliphatic heterocycles. The number of aromatic nitrogens is 2. The minimum atomic E-state index is -0.887. The van der Waals surface area contributed by atoms with Crippen molar-refractivity contribution in [2.45, 2.75) is 38.5 Å². The molecule has 1 saturated heterocycles. The zero-order valence-corrected chi connectivity index (χ0v) is 11.8. The number of hydrogen-bond donors (Lipinski definition) is 1. The summed E-state index contributed by atoms with van der Waals surface area (Å²) in [6, 6.07) is -0.649. The SMILES string of the molecule is COC1CC(C(=O)O)N(c2cncc(OC(C)C)n2)C1. The summed E-state index contributed by atoms with van der Waals surface area (Å²) in [4.78, 5) is 21.4. The maximum Gasteiger partial charge on any atom is 0.326 e. The van der Waals surface area contributed by atoms with Crippen molar-refractivity contribution in [2.24, 2.45) is 0 Å². The summed E-state index contributed by atoms with van der Waals surface area (Å²) >= 11 is 0. The maximum absolute atomic E-state index is 11.3. The number of carboxylic acid groups (broad SMARTS) is 1. The van der Waals surface area contributed by atoms with E-state index >= 15 is 0 Å². The van der Waals surface area contributed by atoms with Crippen LogP contribution in [0.3, 0.4) is 0 Å². The van der Waals surface area contributed by atoms with Crippen molar-refractivity contribution in [2.75, 3.05) is 18.6 Å². The predicted octanol–water partition coefficient (Wildman–Crippen LogP) is 0.942. The van der Waals surface area contributed by atoms with Gasteiger partial charge in [0.05, 0.1) is 24.6 Å². The molecule has 0 aromatic carbocycles. The molecular weight excluding hydrogens is 262 g/mol. The van der Waals surface area contributed by atoms with Crippen LogP contribution in [0, 0.1) is 0 Å². The Morgan fingerprint density at radius 2 is 2.25 bits per heavy atom. The molecule has 0 radical (unpaired) electrons. The Morgan fingerprint density at radius 1 is 1.50 bits per heavy atom. The summed E-state index contributed by atoms with van der Waals surface area (Å²) in [5, 5.41) is 9.30. The molecule has 2 heterocycles. The van der Waals surface area contributed by atoms with Crippen LogP contribution < -0.4 is 9.64 Å². The fraction of sp³-hybridized carbons (Fsp3) is 0.615. The van der Waals surface area contributed by atoms with Crippen molar-refractivity contribution in [1.29, 1.82) is 0 Å². The molecular formula is C13H19N3O4. The minimum Gasteiger partial charge on any atom is -0.480 e. The molecule has 1 aliphatic rings. The van der Waals surface area contributed by atoms with Crippen molar-refractivity contribution in [3.63, 3.8) is 0 Å². The standard InChI is InChI=1S/C13H19N3O4/c1-8(2)20-12-6-14-5-11(15-12)16-7-9(19-3)4-10(16)13(17)18/h5-6,8-10H,4,7H2,1-3H3,(H,17,18). The van der Waals surface area contributed by atoms with Gasteiger partial charge in [-0.05, 0) is 13.8 Å². The summed E-state index contributed by atoms with van der Waals surface area (Å²) in [6.07, 6.45) is 3.36. The molecule has 0 amide bonds. The van der Waals surface area contributed by atoms with E-state index in [2.05, 4.69) is 9.97 Å². The van der Waals surface area contributed by atoms with E-state index in [1.54, 1.807) is 18.2 Å². The lowest BCUT2D eigenvalue weighted by molar-refractivity contribution is -0.138. The van der Waals surface area contributed by atoms with Crippen molar-refractivity contribution in [3.05, 3.63) is 12.4 Å². The van der Waals surface area contributed by atoms with Crippen LogP contribution in [0.1, 0.15) is 20.3 Å². The molecule has 7 nitrogen and oxygen atoms in total. The average molecular weight is 281 g/mol. The molecule has 0 spiro atoms. The van der Waals surface area contributed by atoms with Crippen LogP contribution >= 0.6 is 0 Å². The molecule has 0 saturated carbocycles. The van der Waals surface area contributed by atoms with Gasteiger partial charge in [-0.15, -0.1) is 0 Å². The van der Waals surface area contributed by atoms with E-state index in [4.69, 9.17) is 9.47 Å². The molecule has 7 heteroatoms. The van der Waals surface area contributed by atoms with E-state index in [9.17, 15) is 9.90 Å². The highest BCUT2D eigenvalue weighted by atomic mass is 16.5. The number of nitrogens with zero attached hydrogens (tertiary/aromatic N) is 3. The van der Waals surface area contributed by atoms with Crippen LogP contribution in [0.2, 0.25) is 0 Å². The van der Waals surface area contributed by atoms with Gasteiger partial charge in [-0.3, -0.25) is 4.98 Å². The number of ether oxygens (including phenoxy) is 2. The topological polar surface area (TPSA) is 84.8 Å². The lowest BCUT2D eigenvalue weighted by atomic mass is 10.2. The number of rotatable bonds is 5. The second-order valence-electron chi connectivity index (χ2n) is 4.98. The van der Waals surface area contributed by atoms with Gasteiger partial charge in [0.15, 0.2) is 5.82 Å². The molecule has 1 aromatic heterocycles. The first-order chi connectivity index (χ1) is 9.51. The molecule has 0 bridgehead atoms. The van der Waals surface area contributed by atoms with Crippen molar-refractivity contribution < 1.29 is 19.4 Å². The second kappa shape index (κ2) is 6.04. The Labute approximate surface area is 117 Å². The first-order valence-corrected chi connectivity index (χ1v) is 6.52. The lowest BCUT2D eigenvalue weighted by Gasteiger charge is -2.22. The molecule has 20 heavy (non-hydrogen) atoms. The Morgan fingerprint density at radius 3 is 2.85 bits per heavy atom. The molecule has 1 fully saturated rings. The largest absolute Gasteiger partial charge is 0.480 e. The van der Waals surface area contributed by atoms with Gasteiger partial charge >= 0.3 is 5.97 Å². The van der Waals surface area contributed by atoms with Crippen molar-refractivity contribution in [3.8, 4) is 5.88 Å². The summed E-state index contributed by atoms with van der Waals surface area (Å²) < 4.78 is 10.7. The van der Waals surface area contributed by atoms with E-state index in [1.165, 1.54) is 6.20 Å². The van der Waals surface area contributed by atoms with Gasteiger partial charge in [-0.1, -0.05) is 0 Å². The number of hydrogen-bond acceptors (Lipinski definition) is 6. The van der Waals surface area contributed by atoms with Crippen LogP contribution in [-0.4, -0.2) is 52.9 Å². The molecule has 1 N–H and O–H groups in total. The van der Waals surface area contributed by atoms with Gasteiger partial charge in [0.25, 0.3) is 0 Å². The maximum atomic E-state index is 11.3. The van der Waals surface area contributed by atoms with Crippen LogP contribution in [0.25, 0.3) is 0 Å². The Kier molecular flexibility index (Phi) is 4.39. The summed E-state index contributed by atoms with van der Waals surface area (Å²) in [5.41, 5.74) is 0. The number of carbonyl (C=O) groups is 1. The third-order valence-electron chi connectivity index (χ3n) is 3.13. The van der Waals surface area contributed by atoms with E-state index in [-0.39, 0.29) is 12.2 Å². The summed E-state index contributed by atoms with van der Waals surface area (Å²) in [7, 11) is 1.58. The van der Waals surface area contributed by atoms with Crippen LogP contribution in [0.5, 0.6) is 5.88 Å².